The van der Waals surface area contributed by atoms with Crippen molar-refractivity contribution in [2.45, 2.75) is 25.4 Å². The largest absolute Gasteiger partial charge is 0.334 e. The molecule has 0 aromatic carbocycles. The zero-order valence-corrected chi connectivity index (χ0v) is 16.0. The molecular formula is C16H18N3O3S3+. The van der Waals surface area contributed by atoms with Crippen LogP contribution in [0.15, 0.2) is 27.7 Å². The lowest BCUT2D eigenvalue weighted by Gasteiger charge is -2.14. The summed E-state index contributed by atoms with van der Waals surface area (Å²) in [7, 11) is -2.91. The highest BCUT2D eigenvalue weighted by molar-refractivity contribution is 7.91. The van der Waals surface area contributed by atoms with E-state index in [1.165, 1.54) is 11.3 Å². The second-order valence-corrected chi connectivity index (χ2v) is 10.4. The fourth-order valence-corrected chi connectivity index (χ4v) is 6.80. The molecule has 0 unspecified atom stereocenters. The van der Waals surface area contributed by atoms with Gasteiger partial charge >= 0.3 is 0 Å². The van der Waals surface area contributed by atoms with Crippen LogP contribution in [0.2, 0.25) is 0 Å². The molecule has 0 saturated carbocycles. The molecule has 4 heterocycles. The maximum absolute atomic E-state index is 12.6. The van der Waals surface area contributed by atoms with E-state index in [0.29, 0.717) is 17.6 Å². The van der Waals surface area contributed by atoms with Crippen LogP contribution in [0, 0.1) is 0 Å². The van der Waals surface area contributed by atoms with Crippen molar-refractivity contribution >= 4 is 42.7 Å². The molecule has 3 aromatic heterocycles. The average Bonchev–Trinajstić information content (AvgIpc) is 3.26. The number of rotatable bonds is 4. The number of nitrogens with one attached hydrogen (secondary N) is 1. The number of quaternary nitrogens is 1. The smallest absolute Gasteiger partial charge is 0.260 e. The van der Waals surface area contributed by atoms with Crippen LogP contribution in [0.4, 0.5) is 0 Å². The summed E-state index contributed by atoms with van der Waals surface area (Å²) in [6.07, 6.45) is 0.653. The van der Waals surface area contributed by atoms with E-state index in [1.807, 2.05) is 35.1 Å². The lowest BCUT2D eigenvalue weighted by molar-refractivity contribution is -0.721. The summed E-state index contributed by atoms with van der Waals surface area (Å²) < 4.78 is 23.2. The van der Waals surface area contributed by atoms with Gasteiger partial charge in [0.2, 0.25) is 0 Å². The zero-order chi connectivity index (χ0) is 17.6. The number of aromatic nitrogens is 2. The number of H-pyrrole nitrogens is 1. The first-order valence-corrected chi connectivity index (χ1v) is 11.6. The van der Waals surface area contributed by atoms with Gasteiger partial charge in [0, 0.05) is 22.2 Å². The van der Waals surface area contributed by atoms with Crippen LogP contribution in [-0.2, 0) is 9.84 Å². The van der Waals surface area contributed by atoms with Crippen LogP contribution in [-0.4, -0.2) is 35.9 Å². The Labute approximate surface area is 152 Å². The Morgan fingerprint density at radius 3 is 2.92 bits per heavy atom. The van der Waals surface area contributed by atoms with Crippen molar-refractivity contribution in [2.75, 3.05) is 11.5 Å². The molecule has 1 fully saturated rings. The minimum Gasteiger partial charge on any atom is -0.334 e. The Morgan fingerprint density at radius 2 is 2.24 bits per heavy atom. The van der Waals surface area contributed by atoms with Crippen molar-refractivity contribution in [3.05, 3.63) is 39.1 Å². The Morgan fingerprint density at radius 1 is 1.40 bits per heavy atom. The summed E-state index contributed by atoms with van der Waals surface area (Å²) in [5, 5.41) is 6.59. The van der Waals surface area contributed by atoms with Gasteiger partial charge in [-0.25, -0.2) is 13.4 Å². The van der Waals surface area contributed by atoms with Gasteiger partial charge in [-0.05, 0) is 18.4 Å². The molecule has 9 heteroatoms. The van der Waals surface area contributed by atoms with Crippen LogP contribution in [0.25, 0.3) is 20.7 Å². The fourth-order valence-electron chi connectivity index (χ4n) is 3.27. The molecule has 0 aliphatic carbocycles. The molecule has 0 amide bonds. The molecule has 3 aromatic rings. The summed E-state index contributed by atoms with van der Waals surface area (Å²) >= 11 is 3.07. The van der Waals surface area contributed by atoms with Gasteiger partial charge in [-0.1, -0.05) is 6.07 Å². The number of fused-ring (bicyclic) bond motifs is 1. The van der Waals surface area contributed by atoms with E-state index in [2.05, 4.69) is 9.97 Å². The standard InChI is InChI=1S/C16H17N3O3S3/c1-9(17-10-4-6-25(21,22)8-10)14-18-15(20)13-11(7-24-16(13)19-14)12-3-2-5-23-12/h2-3,5,7,9-10,17H,4,6,8H2,1H3,(H,18,19,20)/p+1/t9-,10+/m0/s1. The Kier molecular flexibility index (Phi) is 4.27. The van der Waals surface area contributed by atoms with Gasteiger partial charge in [-0.2, -0.15) is 0 Å². The molecule has 6 nitrogen and oxygen atoms in total. The summed E-state index contributed by atoms with van der Waals surface area (Å²) in [5.74, 6) is 1.05. The Balaban J connectivity index is 1.64. The molecule has 1 saturated heterocycles. The highest BCUT2D eigenvalue weighted by Crippen LogP contribution is 2.33. The van der Waals surface area contributed by atoms with Gasteiger partial charge in [-0.15, -0.1) is 22.7 Å². The molecule has 2 atom stereocenters. The lowest BCUT2D eigenvalue weighted by Crippen LogP contribution is -2.91. The fraction of sp³-hybridized carbons (Fsp3) is 0.375. The van der Waals surface area contributed by atoms with Crippen LogP contribution in [0.5, 0.6) is 0 Å². The second kappa shape index (κ2) is 6.31. The predicted octanol–water partition coefficient (Wildman–Crippen LogP) is 1.52. The number of aromatic amines is 1. The molecular weight excluding hydrogens is 378 g/mol. The average molecular weight is 397 g/mol. The minimum atomic E-state index is -2.91. The van der Waals surface area contributed by atoms with Gasteiger partial charge in [0.1, 0.15) is 22.7 Å². The maximum Gasteiger partial charge on any atom is 0.260 e. The Bertz CT molecular complexity index is 1070. The summed E-state index contributed by atoms with van der Waals surface area (Å²) in [5.41, 5.74) is 0.790. The monoisotopic (exact) mass is 396 g/mol. The summed E-state index contributed by atoms with van der Waals surface area (Å²) in [4.78, 5) is 21.9. The lowest BCUT2D eigenvalue weighted by atomic mass is 10.2. The summed E-state index contributed by atoms with van der Waals surface area (Å²) in [6, 6.07) is 3.90. The van der Waals surface area contributed by atoms with Crippen molar-refractivity contribution < 1.29 is 13.7 Å². The van der Waals surface area contributed by atoms with Crippen molar-refractivity contribution in [2.24, 2.45) is 0 Å². The molecule has 132 valence electrons. The number of nitrogens with two attached hydrogens (primary N) is 1. The van der Waals surface area contributed by atoms with Crippen LogP contribution in [0.1, 0.15) is 25.2 Å². The predicted molar refractivity (Wildman–Crippen MR) is 101 cm³/mol. The van der Waals surface area contributed by atoms with E-state index in [0.717, 1.165) is 15.3 Å². The quantitative estimate of drug-likeness (QED) is 0.699. The molecule has 1 aliphatic rings. The van der Waals surface area contributed by atoms with Crippen LogP contribution >= 0.6 is 22.7 Å². The number of thiophene rings is 2. The highest BCUT2D eigenvalue weighted by atomic mass is 32.2. The second-order valence-electron chi connectivity index (χ2n) is 6.40. The first kappa shape index (κ1) is 16.9. The number of hydrogen-bond acceptors (Lipinski definition) is 6. The van der Waals surface area contributed by atoms with E-state index in [1.54, 1.807) is 11.3 Å². The number of hydrogen-bond donors (Lipinski definition) is 2. The van der Waals surface area contributed by atoms with Gasteiger partial charge in [0.25, 0.3) is 5.56 Å². The van der Waals surface area contributed by atoms with E-state index < -0.39 is 9.84 Å². The molecule has 25 heavy (non-hydrogen) atoms. The third kappa shape index (κ3) is 3.29. The molecule has 0 radical (unpaired) electrons. The first-order valence-electron chi connectivity index (χ1n) is 8.03. The van der Waals surface area contributed by atoms with Crippen LogP contribution < -0.4 is 10.9 Å². The normalized spacial score (nSPS) is 20.9. The topological polar surface area (TPSA) is 96.5 Å². The number of sulfone groups is 1. The van der Waals surface area contributed by atoms with E-state index in [-0.39, 0.29) is 29.1 Å². The maximum atomic E-state index is 12.6. The zero-order valence-electron chi connectivity index (χ0n) is 13.6. The molecule has 4 rings (SSSR count). The number of nitrogens with zero attached hydrogens (tertiary/aromatic N) is 1. The van der Waals surface area contributed by atoms with E-state index in [9.17, 15) is 13.2 Å². The van der Waals surface area contributed by atoms with Crippen LogP contribution in [0.3, 0.4) is 0 Å². The first-order chi connectivity index (χ1) is 11.9. The molecule has 0 bridgehead atoms. The van der Waals surface area contributed by atoms with Crippen molar-refractivity contribution in [1.82, 2.24) is 9.97 Å². The molecule has 1 aliphatic heterocycles. The van der Waals surface area contributed by atoms with Crippen molar-refractivity contribution in [3.63, 3.8) is 0 Å². The third-order valence-corrected chi connectivity index (χ3v) is 8.08. The van der Waals surface area contributed by atoms with E-state index in [4.69, 9.17) is 0 Å². The van der Waals surface area contributed by atoms with Gasteiger partial charge in [-0.3, -0.25) is 4.79 Å². The van der Waals surface area contributed by atoms with Gasteiger partial charge in [0.15, 0.2) is 15.7 Å². The highest BCUT2D eigenvalue weighted by Gasteiger charge is 2.32. The third-order valence-electron chi connectivity index (χ3n) is 4.51. The SMILES string of the molecule is C[C@H]([NH2+][C@@H]1CCS(=O)(=O)C1)c1nc2scc(-c3cccs3)c2c(=O)[nH]1. The van der Waals surface area contributed by atoms with E-state index >= 15 is 0 Å². The van der Waals surface area contributed by atoms with Gasteiger partial charge < -0.3 is 10.3 Å². The Hall–Kier alpha value is -1.55. The van der Waals surface area contributed by atoms with Crippen molar-refractivity contribution in [1.29, 1.82) is 0 Å². The molecule has 0 spiro atoms. The summed E-state index contributed by atoms with van der Waals surface area (Å²) in [6.45, 7) is 1.95. The minimum absolute atomic E-state index is 0.0333. The van der Waals surface area contributed by atoms with Crippen molar-refractivity contribution in [3.8, 4) is 10.4 Å². The molecule has 3 N–H and O–H groups in total. The van der Waals surface area contributed by atoms with Gasteiger partial charge in [0.05, 0.1) is 11.1 Å².